The molecule has 1 saturated heterocycles. The van der Waals surface area contributed by atoms with E-state index in [4.69, 9.17) is 11.6 Å². The molecule has 0 aromatic heterocycles. The molecule has 1 aliphatic heterocycles. The molecule has 3 heteroatoms. The van der Waals surface area contributed by atoms with E-state index in [0.717, 1.165) is 22.8 Å². The zero-order chi connectivity index (χ0) is 12.4. The van der Waals surface area contributed by atoms with Crippen molar-refractivity contribution < 1.29 is 5.11 Å². The van der Waals surface area contributed by atoms with Crippen molar-refractivity contribution in [1.82, 2.24) is 0 Å². The number of piperidine rings is 1. The van der Waals surface area contributed by atoms with Gasteiger partial charge in [-0.15, -0.1) is 0 Å². The number of aliphatic hydroxyl groups excluding tert-OH is 1. The molecule has 0 aliphatic carbocycles. The van der Waals surface area contributed by atoms with Crippen molar-refractivity contribution in [2.24, 2.45) is 5.92 Å². The normalized spacial score (nSPS) is 25.1. The molecule has 0 amide bonds. The Morgan fingerprint density at radius 2 is 2.18 bits per heavy atom. The quantitative estimate of drug-likeness (QED) is 0.873. The topological polar surface area (TPSA) is 23.5 Å². The summed E-state index contributed by atoms with van der Waals surface area (Å²) in [6, 6.07) is 6.24. The molecular weight excluding hydrogens is 234 g/mol. The van der Waals surface area contributed by atoms with Crippen LogP contribution in [-0.2, 0) is 6.61 Å². The van der Waals surface area contributed by atoms with Crippen LogP contribution < -0.4 is 4.90 Å². The Labute approximate surface area is 108 Å². The zero-order valence-corrected chi connectivity index (χ0v) is 11.2. The predicted molar refractivity (Wildman–Crippen MR) is 72.6 cm³/mol. The number of aliphatic hydroxyl groups is 1. The van der Waals surface area contributed by atoms with Crippen molar-refractivity contribution in [2.75, 3.05) is 11.4 Å². The van der Waals surface area contributed by atoms with E-state index in [1.807, 2.05) is 18.2 Å². The fraction of sp³-hybridized carbons (Fsp3) is 0.571. The Kier molecular flexibility index (Phi) is 3.95. The molecule has 1 aliphatic rings. The Balaban J connectivity index is 2.38. The van der Waals surface area contributed by atoms with Crippen LogP contribution in [0.3, 0.4) is 0 Å². The van der Waals surface area contributed by atoms with Crippen LogP contribution in [0.1, 0.15) is 32.3 Å². The molecule has 1 aromatic rings. The van der Waals surface area contributed by atoms with Crippen LogP contribution in [0.5, 0.6) is 0 Å². The van der Waals surface area contributed by atoms with Crippen molar-refractivity contribution in [3.63, 3.8) is 0 Å². The third-order valence-electron chi connectivity index (χ3n) is 3.90. The maximum atomic E-state index is 9.44. The predicted octanol–water partition coefficient (Wildman–Crippen LogP) is 3.46. The Morgan fingerprint density at radius 1 is 1.41 bits per heavy atom. The lowest BCUT2D eigenvalue weighted by Crippen LogP contribution is -2.43. The summed E-state index contributed by atoms with van der Waals surface area (Å²) in [6.45, 7) is 5.61. The second-order valence-corrected chi connectivity index (χ2v) is 5.37. The molecule has 0 spiro atoms. The molecule has 1 N–H and O–H groups in total. The highest BCUT2D eigenvalue weighted by atomic mass is 35.5. The third-order valence-corrected chi connectivity index (χ3v) is 4.21. The van der Waals surface area contributed by atoms with Crippen LogP contribution in [0.4, 0.5) is 5.69 Å². The van der Waals surface area contributed by atoms with E-state index in [2.05, 4.69) is 18.7 Å². The van der Waals surface area contributed by atoms with Gasteiger partial charge in [-0.1, -0.05) is 30.7 Å². The summed E-state index contributed by atoms with van der Waals surface area (Å²) in [5, 5.41) is 10.2. The van der Waals surface area contributed by atoms with E-state index >= 15 is 0 Å². The van der Waals surface area contributed by atoms with Crippen molar-refractivity contribution in [1.29, 1.82) is 0 Å². The molecule has 94 valence electrons. The van der Waals surface area contributed by atoms with Gasteiger partial charge in [0.15, 0.2) is 0 Å². The number of nitrogens with zero attached hydrogens (tertiary/aromatic N) is 1. The van der Waals surface area contributed by atoms with E-state index in [-0.39, 0.29) is 6.61 Å². The number of hydrogen-bond acceptors (Lipinski definition) is 2. The lowest BCUT2D eigenvalue weighted by molar-refractivity contribution is 0.280. The largest absolute Gasteiger partial charge is 0.392 e. The Hall–Kier alpha value is -0.730. The molecule has 0 radical (unpaired) electrons. The molecular formula is C14H20ClNO. The van der Waals surface area contributed by atoms with Crippen LogP contribution in [0.25, 0.3) is 0 Å². The molecule has 2 atom stereocenters. The summed E-state index contributed by atoms with van der Waals surface area (Å²) < 4.78 is 0. The summed E-state index contributed by atoms with van der Waals surface area (Å²) in [6.07, 6.45) is 2.47. The number of benzene rings is 1. The minimum atomic E-state index is 0.0491. The van der Waals surface area contributed by atoms with Gasteiger partial charge >= 0.3 is 0 Å². The van der Waals surface area contributed by atoms with Crippen LogP contribution in [0, 0.1) is 5.92 Å². The first-order chi connectivity index (χ1) is 8.15. The average Bonchev–Trinajstić information content (AvgIpc) is 2.33. The van der Waals surface area contributed by atoms with Crippen molar-refractivity contribution in [3.05, 3.63) is 28.8 Å². The number of para-hydroxylation sites is 1. The molecule has 2 unspecified atom stereocenters. The standard InChI is InChI=1S/C14H20ClNO/c1-10-5-4-8-16(11(10)2)14-12(9-17)6-3-7-13(14)15/h3,6-7,10-11,17H,4-5,8-9H2,1-2H3. The first-order valence-corrected chi connectivity index (χ1v) is 6.68. The zero-order valence-electron chi connectivity index (χ0n) is 10.5. The van der Waals surface area contributed by atoms with Gasteiger partial charge in [0.2, 0.25) is 0 Å². The van der Waals surface area contributed by atoms with Crippen LogP contribution in [0.15, 0.2) is 18.2 Å². The van der Waals surface area contributed by atoms with E-state index in [0.29, 0.717) is 12.0 Å². The molecule has 17 heavy (non-hydrogen) atoms. The van der Waals surface area contributed by atoms with Gasteiger partial charge in [-0.25, -0.2) is 0 Å². The van der Waals surface area contributed by atoms with Crippen LogP contribution in [-0.4, -0.2) is 17.7 Å². The maximum absolute atomic E-state index is 9.44. The minimum Gasteiger partial charge on any atom is -0.392 e. The molecule has 2 nitrogen and oxygen atoms in total. The molecule has 1 aromatic carbocycles. The number of anilines is 1. The van der Waals surface area contributed by atoms with E-state index < -0.39 is 0 Å². The highest BCUT2D eigenvalue weighted by Crippen LogP contribution is 2.35. The first kappa shape index (κ1) is 12.7. The number of rotatable bonds is 2. The summed E-state index contributed by atoms with van der Waals surface area (Å²) in [7, 11) is 0. The maximum Gasteiger partial charge on any atom is 0.0702 e. The fourth-order valence-electron chi connectivity index (χ4n) is 2.66. The number of halogens is 1. The second-order valence-electron chi connectivity index (χ2n) is 4.96. The third kappa shape index (κ3) is 2.43. The van der Waals surface area contributed by atoms with Gasteiger partial charge in [-0.3, -0.25) is 0 Å². The SMILES string of the molecule is CC1CCCN(c2c(Cl)cccc2CO)C1C. The monoisotopic (exact) mass is 253 g/mol. The fourth-order valence-corrected chi connectivity index (χ4v) is 2.96. The summed E-state index contributed by atoms with van der Waals surface area (Å²) in [5.74, 6) is 0.673. The van der Waals surface area contributed by atoms with E-state index in [1.165, 1.54) is 12.8 Å². The van der Waals surface area contributed by atoms with Gasteiger partial charge in [0, 0.05) is 18.2 Å². The van der Waals surface area contributed by atoms with Crippen molar-refractivity contribution >= 4 is 17.3 Å². The molecule has 0 bridgehead atoms. The van der Waals surface area contributed by atoms with Gasteiger partial charge in [-0.2, -0.15) is 0 Å². The summed E-state index contributed by atoms with van der Waals surface area (Å²) in [5.41, 5.74) is 1.95. The van der Waals surface area contributed by atoms with Gasteiger partial charge in [0.05, 0.1) is 17.3 Å². The Bertz CT molecular complexity index is 394. The van der Waals surface area contributed by atoms with Crippen LogP contribution in [0.2, 0.25) is 5.02 Å². The van der Waals surface area contributed by atoms with E-state index in [9.17, 15) is 5.11 Å². The summed E-state index contributed by atoms with van der Waals surface area (Å²) >= 11 is 6.30. The molecule has 2 rings (SSSR count). The van der Waals surface area contributed by atoms with E-state index in [1.54, 1.807) is 0 Å². The summed E-state index contributed by atoms with van der Waals surface area (Å²) in [4.78, 5) is 2.35. The van der Waals surface area contributed by atoms with Gasteiger partial charge in [0.25, 0.3) is 0 Å². The molecule has 0 saturated carbocycles. The first-order valence-electron chi connectivity index (χ1n) is 6.30. The van der Waals surface area contributed by atoms with Gasteiger partial charge in [0.1, 0.15) is 0 Å². The molecule has 1 fully saturated rings. The number of hydrogen-bond donors (Lipinski definition) is 1. The van der Waals surface area contributed by atoms with Crippen molar-refractivity contribution in [2.45, 2.75) is 39.3 Å². The van der Waals surface area contributed by atoms with Gasteiger partial charge in [-0.05, 0) is 31.7 Å². The molecule has 1 heterocycles. The Morgan fingerprint density at radius 3 is 2.88 bits per heavy atom. The minimum absolute atomic E-state index is 0.0491. The van der Waals surface area contributed by atoms with Crippen LogP contribution >= 0.6 is 11.6 Å². The highest BCUT2D eigenvalue weighted by Gasteiger charge is 2.27. The lowest BCUT2D eigenvalue weighted by atomic mass is 9.91. The van der Waals surface area contributed by atoms with Gasteiger partial charge < -0.3 is 10.0 Å². The highest BCUT2D eigenvalue weighted by molar-refractivity contribution is 6.33. The smallest absolute Gasteiger partial charge is 0.0702 e. The lowest BCUT2D eigenvalue weighted by Gasteiger charge is -2.41. The van der Waals surface area contributed by atoms with Crippen molar-refractivity contribution in [3.8, 4) is 0 Å². The average molecular weight is 254 g/mol. The second kappa shape index (κ2) is 5.28.